The van der Waals surface area contributed by atoms with Gasteiger partial charge in [0, 0.05) is 30.5 Å². The van der Waals surface area contributed by atoms with Gasteiger partial charge in [-0.25, -0.2) is 5.43 Å². The average Bonchev–Trinajstić information content (AvgIpc) is 3.25. The zero-order valence-corrected chi connectivity index (χ0v) is 15.4. The van der Waals surface area contributed by atoms with Gasteiger partial charge in [0.15, 0.2) is 0 Å². The summed E-state index contributed by atoms with van der Waals surface area (Å²) in [4.78, 5) is 0. The van der Waals surface area contributed by atoms with Crippen LogP contribution in [0.15, 0.2) is 0 Å². The molecule has 3 saturated heterocycles. The second-order valence-electron chi connectivity index (χ2n) is 7.71. The number of hydrazine groups is 1. The van der Waals surface area contributed by atoms with E-state index in [1.54, 1.807) is 0 Å². The molecule has 1 aliphatic carbocycles. The number of ether oxygens (including phenoxy) is 1. The molecule has 4 nitrogen and oxygen atoms in total. The number of halogens is 1. The summed E-state index contributed by atoms with van der Waals surface area (Å²) in [5.41, 5.74) is 7.30. The van der Waals surface area contributed by atoms with Gasteiger partial charge in [-0.15, -0.1) is 11.6 Å². The maximum atomic E-state index is 6.30. The van der Waals surface area contributed by atoms with Crippen molar-refractivity contribution in [2.24, 2.45) is 17.8 Å². The van der Waals surface area contributed by atoms with Gasteiger partial charge in [0.25, 0.3) is 0 Å². The van der Waals surface area contributed by atoms with Gasteiger partial charge in [0.1, 0.15) is 0 Å². The van der Waals surface area contributed by atoms with Crippen molar-refractivity contribution < 1.29 is 4.74 Å². The summed E-state index contributed by atoms with van der Waals surface area (Å²) in [7, 11) is 0. The van der Waals surface area contributed by atoms with Crippen LogP contribution in [0.5, 0.6) is 0 Å². The number of alkyl halides is 1. The molecule has 132 valence electrons. The van der Waals surface area contributed by atoms with Crippen molar-refractivity contribution in [1.82, 2.24) is 16.2 Å². The number of nitrogens with one attached hydrogen (secondary N) is 3. The third-order valence-corrected chi connectivity index (χ3v) is 7.94. The minimum atomic E-state index is 0.389. The van der Waals surface area contributed by atoms with Crippen molar-refractivity contribution in [2.45, 2.75) is 62.2 Å². The summed E-state index contributed by atoms with van der Waals surface area (Å²) < 4.78 is 5.75. The van der Waals surface area contributed by atoms with Crippen molar-refractivity contribution in [3.05, 3.63) is 0 Å². The summed E-state index contributed by atoms with van der Waals surface area (Å²) in [5, 5.41) is 4.15. The van der Waals surface area contributed by atoms with E-state index in [0.717, 1.165) is 30.9 Å². The Morgan fingerprint density at radius 2 is 1.87 bits per heavy atom. The van der Waals surface area contributed by atoms with Crippen LogP contribution in [0.25, 0.3) is 0 Å². The zero-order chi connectivity index (χ0) is 15.6. The zero-order valence-electron chi connectivity index (χ0n) is 13.8. The topological polar surface area (TPSA) is 45.3 Å². The quantitative estimate of drug-likeness (QED) is 0.672. The third kappa shape index (κ3) is 3.85. The lowest BCUT2D eigenvalue weighted by atomic mass is 9.74. The van der Waals surface area contributed by atoms with Crippen LogP contribution in [0.1, 0.15) is 38.5 Å². The molecule has 6 heteroatoms. The van der Waals surface area contributed by atoms with Gasteiger partial charge in [0.2, 0.25) is 0 Å². The lowest BCUT2D eigenvalue weighted by Gasteiger charge is -2.45. The lowest BCUT2D eigenvalue weighted by Crippen LogP contribution is -2.67. The highest BCUT2D eigenvalue weighted by atomic mass is 35.5. The Balaban J connectivity index is 1.33. The molecule has 4 rings (SSSR count). The number of fused-ring (bicyclic) bond motifs is 1. The molecule has 0 aromatic carbocycles. The standard InChI is InChI=1S/C17H30ClN3OS/c18-12-5-3-11(4-6-12)16-14-9-23-10-15(14)17(21-20-16)19-8-13-2-1-7-22-13/h11-17,19-21H,1-10H2/t11?,12?,13-,14?,15?,16?,17?/m0/s1. The highest BCUT2D eigenvalue weighted by molar-refractivity contribution is 7.99. The molecule has 0 bridgehead atoms. The molecule has 0 aromatic heterocycles. The van der Waals surface area contributed by atoms with Gasteiger partial charge in [0.05, 0.1) is 12.3 Å². The highest BCUT2D eigenvalue weighted by Crippen LogP contribution is 2.41. The Morgan fingerprint density at radius 1 is 1.04 bits per heavy atom. The first-order chi connectivity index (χ1) is 11.3. The van der Waals surface area contributed by atoms with Crippen molar-refractivity contribution in [3.8, 4) is 0 Å². The molecule has 23 heavy (non-hydrogen) atoms. The SMILES string of the molecule is ClC1CCC(C2NNC(NC[C@@H]3CCCO3)C3CSCC32)CC1. The smallest absolute Gasteiger partial charge is 0.0745 e. The molecule has 5 atom stereocenters. The van der Waals surface area contributed by atoms with E-state index in [9.17, 15) is 0 Å². The number of rotatable bonds is 4. The van der Waals surface area contributed by atoms with Crippen LogP contribution in [0.3, 0.4) is 0 Å². The second-order valence-corrected chi connectivity index (χ2v) is 9.40. The highest BCUT2D eigenvalue weighted by Gasteiger charge is 2.45. The van der Waals surface area contributed by atoms with Crippen LogP contribution in [0.2, 0.25) is 0 Å². The van der Waals surface area contributed by atoms with Gasteiger partial charge in [-0.3, -0.25) is 10.7 Å². The van der Waals surface area contributed by atoms with Crippen LogP contribution in [-0.4, -0.2) is 48.3 Å². The molecule has 0 spiro atoms. The summed E-state index contributed by atoms with van der Waals surface area (Å²) in [6.45, 7) is 1.92. The minimum absolute atomic E-state index is 0.389. The molecule has 4 unspecified atom stereocenters. The Labute approximate surface area is 149 Å². The van der Waals surface area contributed by atoms with Crippen LogP contribution in [0, 0.1) is 17.8 Å². The molecular weight excluding hydrogens is 330 g/mol. The van der Waals surface area contributed by atoms with Crippen LogP contribution in [0.4, 0.5) is 0 Å². The maximum absolute atomic E-state index is 6.30. The van der Waals surface area contributed by atoms with Gasteiger partial charge in [-0.1, -0.05) is 0 Å². The molecule has 0 aromatic rings. The van der Waals surface area contributed by atoms with E-state index in [0.29, 0.717) is 23.7 Å². The number of thioether (sulfide) groups is 1. The van der Waals surface area contributed by atoms with Gasteiger partial charge in [-0.2, -0.15) is 11.8 Å². The number of hydrogen-bond acceptors (Lipinski definition) is 5. The Kier molecular flexibility index (Phi) is 5.73. The summed E-state index contributed by atoms with van der Waals surface area (Å²) in [6.07, 6.45) is 8.19. The van der Waals surface area contributed by atoms with Crippen molar-refractivity contribution >= 4 is 23.4 Å². The van der Waals surface area contributed by atoms with E-state index < -0.39 is 0 Å². The van der Waals surface area contributed by atoms with Gasteiger partial charge < -0.3 is 4.74 Å². The van der Waals surface area contributed by atoms with Crippen molar-refractivity contribution in [2.75, 3.05) is 24.7 Å². The molecular formula is C17H30ClN3OS. The predicted octanol–water partition coefficient (Wildman–Crippen LogP) is 2.33. The van der Waals surface area contributed by atoms with E-state index in [1.807, 2.05) is 0 Å². The Morgan fingerprint density at radius 3 is 2.65 bits per heavy atom. The van der Waals surface area contributed by atoms with E-state index >= 15 is 0 Å². The molecule has 4 aliphatic rings. The summed E-state index contributed by atoms with van der Waals surface area (Å²) in [5.74, 6) is 4.91. The molecule has 3 heterocycles. The molecule has 4 fully saturated rings. The van der Waals surface area contributed by atoms with Crippen LogP contribution in [-0.2, 0) is 4.74 Å². The summed E-state index contributed by atoms with van der Waals surface area (Å²) >= 11 is 8.43. The van der Waals surface area contributed by atoms with Crippen LogP contribution < -0.4 is 16.2 Å². The predicted molar refractivity (Wildman–Crippen MR) is 96.7 cm³/mol. The third-order valence-electron chi connectivity index (χ3n) is 6.26. The normalized spacial score (nSPS) is 47.6. The van der Waals surface area contributed by atoms with Crippen molar-refractivity contribution in [1.29, 1.82) is 0 Å². The minimum Gasteiger partial charge on any atom is -0.377 e. The molecule has 0 amide bonds. The monoisotopic (exact) mass is 359 g/mol. The fourth-order valence-corrected chi connectivity index (χ4v) is 6.70. The van der Waals surface area contributed by atoms with Gasteiger partial charge >= 0.3 is 0 Å². The molecule has 3 N–H and O–H groups in total. The molecule has 0 radical (unpaired) electrons. The average molecular weight is 360 g/mol. The molecule has 1 saturated carbocycles. The van der Waals surface area contributed by atoms with Gasteiger partial charge in [-0.05, 0) is 61.9 Å². The second kappa shape index (κ2) is 7.79. The fraction of sp³-hybridized carbons (Fsp3) is 1.00. The Hall–Kier alpha value is 0.480. The molecule has 3 aliphatic heterocycles. The fourth-order valence-electron chi connectivity index (χ4n) is 4.87. The number of hydrogen-bond donors (Lipinski definition) is 3. The first-order valence-electron chi connectivity index (χ1n) is 9.39. The largest absolute Gasteiger partial charge is 0.377 e. The van der Waals surface area contributed by atoms with E-state index in [-0.39, 0.29) is 0 Å². The van der Waals surface area contributed by atoms with E-state index in [4.69, 9.17) is 16.3 Å². The lowest BCUT2D eigenvalue weighted by molar-refractivity contribution is 0.0633. The summed E-state index contributed by atoms with van der Waals surface area (Å²) in [6, 6.07) is 0.625. The van der Waals surface area contributed by atoms with Crippen molar-refractivity contribution in [3.63, 3.8) is 0 Å². The Bertz CT molecular complexity index is 388. The van der Waals surface area contributed by atoms with E-state index in [1.165, 1.54) is 50.0 Å². The van der Waals surface area contributed by atoms with E-state index in [2.05, 4.69) is 27.9 Å². The first-order valence-corrected chi connectivity index (χ1v) is 11.0. The van der Waals surface area contributed by atoms with Crippen LogP contribution >= 0.6 is 23.4 Å². The first kappa shape index (κ1) is 16.9. The maximum Gasteiger partial charge on any atom is 0.0745 e.